The number of ether oxygens (including phenoxy) is 1. The molecule has 0 aromatic heterocycles. The van der Waals surface area contributed by atoms with Gasteiger partial charge in [0.05, 0.1) is 20.3 Å². The predicted molar refractivity (Wildman–Crippen MR) is 56.9 cm³/mol. The van der Waals surface area contributed by atoms with Crippen LogP contribution in [0.15, 0.2) is 30.3 Å². The van der Waals surface area contributed by atoms with Crippen LogP contribution in [-0.2, 0) is 11.3 Å². The summed E-state index contributed by atoms with van der Waals surface area (Å²) in [5.41, 5.74) is 1.43. The van der Waals surface area contributed by atoms with Gasteiger partial charge in [-0.2, -0.15) is 0 Å². The van der Waals surface area contributed by atoms with Crippen LogP contribution in [0.1, 0.15) is 5.56 Å². The first-order chi connectivity index (χ1) is 6.79. The van der Waals surface area contributed by atoms with Crippen molar-refractivity contribution in [3.8, 4) is 0 Å². The van der Waals surface area contributed by atoms with Gasteiger partial charge < -0.3 is 9.22 Å². The van der Waals surface area contributed by atoms with Gasteiger partial charge in [0, 0.05) is 5.56 Å². The molecule has 1 aromatic rings. The fraction of sp³-hybridized carbons (Fsp3) is 0.500. The van der Waals surface area contributed by atoms with Crippen molar-refractivity contribution in [3.05, 3.63) is 35.9 Å². The van der Waals surface area contributed by atoms with Crippen molar-refractivity contribution in [2.24, 2.45) is 0 Å². The number of benzene rings is 1. The molecule has 0 bridgehead atoms. The average molecular weight is 192 g/mol. The van der Waals surface area contributed by atoms with Crippen LogP contribution in [0.5, 0.6) is 0 Å². The lowest BCUT2D eigenvalue weighted by molar-refractivity contribution is -0.929. The quantitative estimate of drug-likeness (QED) is 0.648. The van der Waals surface area contributed by atoms with Gasteiger partial charge in [0.15, 0.2) is 0 Å². The minimum absolute atomic E-state index is 0.906. The molecule has 1 fully saturated rings. The molecule has 1 saturated heterocycles. The molecule has 0 atom stereocenters. The van der Waals surface area contributed by atoms with E-state index in [0.29, 0.717) is 0 Å². The lowest BCUT2D eigenvalue weighted by Gasteiger charge is -2.37. The Morgan fingerprint density at radius 1 is 1.14 bits per heavy atom. The minimum Gasteiger partial charge on any atom is -0.370 e. The smallest absolute Gasteiger partial charge is 0.104 e. The van der Waals surface area contributed by atoms with Gasteiger partial charge >= 0.3 is 0 Å². The monoisotopic (exact) mass is 192 g/mol. The SMILES string of the molecule is C[N+]1(Cc2ccccc2)CCOCC1. The maximum absolute atomic E-state index is 5.39. The van der Waals surface area contributed by atoms with Gasteiger partial charge in [-0.1, -0.05) is 30.3 Å². The molecule has 2 rings (SSSR count). The first-order valence-electron chi connectivity index (χ1n) is 5.24. The Kier molecular flexibility index (Phi) is 2.85. The number of rotatable bonds is 2. The van der Waals surface area contributed by atoms with Crippen LogP contribution >= 0.6 is 0 Å². The summed E-state index contributed by atoms with van der Waals surface area (Å²) in [6.45, 7) is 5.21. The van der Waals surface area contributed by atoms with E-state index < -0.39 is 0 Å². The molecule has 1 heterocycles. The number of quaternary nitrogens is 1. The van der Waals surface area contributed by atoms with Crippen LogP contribution in [0.2, 0.25) is 0 Å². The molecule has 0 unspecified atom stereocenters. The summed E-state index contributed by atoms with van der Waals surface area (Å²) >= 11 is 0. The van der Waals surface area contributed by atoms with Gasteiger partial charge in [-0.3, -0.25) is 0 Å². The molecule has 2 heteroatoms. The van der Waals surface area contributed by atoms with E-state index in [1.807, 2.05) is 0 Å². The molecule has 0 amide bonds. The van der Waals surface area contributed by atoms with E-state index in [4.69, 9.17) is 4.74 Å². The highest BCUT2D eigenvalue weighted by Gasteiger charge is 2.24. The highest BCUT2D eigenvalue weighted by molar-refractivity contribution is 5.13. The van der Waals surface area contributed by atoms with Gasteiger partial charge in [-0.05, 0) is 0 Å². The second-order valence-electron chi connectivity index (χ2n) is 4.32. The molecule has 1 aromatic carbocycles. The summed E-state index contributed by atoms with van der Waals surface area (Å²) in [5, 5.41) is 0. The summed E-state index contributed by atoms with van der Waals surface area (Å²) in [4.78, 5) is 0. The largest absolute Gasteiger partial charge is 0.370 e. The highest BCUT2D eigenvalue weighted by atomic mass is 16.5. The Morgan fingerprint density at radius 3 is 2.43 bits per heavy atom. The van der Waals surface area contributed by atoms with Crippen molar-refractivity contribution >= 4 is 0 Å². The molecule has 0 radical (unpaired) electrons. The van der Waals surface area contributed by atoms with Crippen LogP contribution < -0.4 is 0 Å². The van der Waals surface area contributed by atoms with E-state index >= 15 is 0 Å². The standard InChI is InChI=1S/C12H18NO/c1-13(7-9-14-10-8-13)11-12-5-3-2-4-6-12/h2-6H,7-11H2,1H3/q+1. The third kappa shape index (κ3) is 2.34. The first kappa shape index (κ1) is 9.69. The maximum Gasteiger partial charge on any atom is 0.104 e. The topological polar surface area (TPSA) is 9.23 Å². The molecule has 1 aliphatic heterocycles. The zero-order valence-corrected chi connectivity index (χ0v) is 8.78. The van der Waals surface area contributed by atoms with Crippen LogP contribution in [0.25, 0.3) is 0 Å². The van der Waals surface area contributed by atoms with Crippen LogP contribution in [0.4, 0.5) is 0 Å². The van der Waals surface area contributed by atoms with E-state index in [-0.39, 0.29) is 0 Å². The number of morpholine rings is 1. The van der Waals surface area contributed by atoms with Gasteiger partial charge in [0.1, 0.15) is 19.6 Å². The molecule has 14 heavy (non-hydrogen) atoms. The molecule has 0 aliphatic carbocycles. The number of hydrogen-bond donors (Lipinski definition) is 0. The fourth-order valence-corrected chi connectivity index (χ4v) is 1.97. The molecule has 1 aliphatic rings. The summed E-state index contributed by atoms with van der Waals surface area (Å²) in [7, 11) is 2.32. The second-order valence-corrected chi connectivity index (χ2v) is 4.32. The molecule has 0 saturated carbocycles. The summed E-state index contributed by atoms with van der Waals surface area (Å²) in [6.07, 6.45) is 0. The van der Waals surface area contributed by atoms with Crippen LogP contribution in [0, 0.1) is 0 Å². The Hall–Kier alpha value is -0.860. The second kappa shape index (κ2) is 4.11. The van der Waals surface area contributed by atoms with Gasteiger partial charge in [-0.25, -0.2) is 0 Å². The van der Waals surface area contributed by atoms with Crippen molar-refractivity contribution in [2.75, 3.05) is 33.4 Å². The molecule has 0 spiro atoms. The van der Waals surface area contributed by atoms with Gasteiger partial charge in [-0.15, -0.1) is 0 Å². The number of nitrogens with zero attached hydrogens (tertiary/aromatic N) is 1. The zero-order valence-electron chi connectivity index (χ0n) is 8.78. The molecular formula is C12H18NO+. The third-order valence-corrected chi connectivity index (χ3v) is 2.96. The highest BCUT2D eigenvalue weighted by Crippen LogP contribution is 2.13. The summed E-state index contributed by atoms with van der Waals surface area (Å²) < 4.78 is 6.50. The summed E-state index contributed by atoms with van der Waals surface area (Å²) in [6, 6.07) is 10.7. The minimum atomic E-state index is 0.906. The van der Waals surface area contributed by atoms with Crippen molar-refractivity contribution in [3.63, 3.8) is 0 Å². The lowest BCUT2D eigenvalue weighted by Crippen LogP contribution is -2.51. The number of likely N-dealkylation sites (N-methyl/N-ethyl adjacent to an activating group) is 1. The molecular weight excluding hydrogens is 174 g/mol. The van der Waals surface area contributed by atoms with E-state index in [0.717, 1.165) is 37.3 Å². The van der Waals surface area contributed by atoms with Gasteiger partial charge in [0.25, 0.3) is 0 Å². The molecule has 2 nitrogen and oxygen atoms in total. The fourth-order valence-electron chi connectivity index (χ4n) is 1.97. The Labute approximate surface area is 85.7 Å². The van der Waals surface area contributed by atoms with E-state index in [2.05, 4.69) is 37.4 Å². The number of hydrogen-bond acceptors (Lipinski definition) is 1. The van der Waals surface area contributed by atoms with E-state index in [1.54, 1.807) is 0 Å². The Balaban J connectivity index is 2.02. The molecule has 0 N–H and O–H groups in total. The van der Waals surface area contributed by atoms with Crippen molar-refractivity contribution in [1.29, 1.82) is 0 Å². The van der Waals surface area contributed by atoms with Crippen molar-refractivity contribution in [1.82, 2.24) is 0 Å². The molecule has 76 valence electrons. The van der Waals surface area contributed by atoms with Crippen molar-refractivity contribution in [2.45, 2.75) is 6.54 Å². The van der Waals surface area contributed by atoms with Crippen LogP contribution in [-0.4, -0.2) is 37.8 Å². The zero-order chi connectivity index (χ0) is 9.86. The maximum atomic E-state index is 5.39. The van der Waals surface area contributed by atoms with E-state index in [1.165, 1.54) is 5.56 Å². The first-order valence-corrected chi connectivity index (χ1v) is 5.24. The average Bonchev–Trinajstić information content (AvgIpc) is 2.19. The van der Waals surface area contributed by atoms with Crippen LogP contribution in [0.3, 0.4) is 0 Å². The Morgan fingerprint density at radius 2 is 1.79 bits per heavy atom. The predicted octanol–water partition coefficient (Wildman–Crippen LogP) is 1.66. The Bertz CT molecular complexity index is 278. The van der Waals surface area contributed by atoms with Crippen molar-refractivity contribution < 1.29 is 9.22 Å². The normalized spacial score (nSPS) is 20.6. The lowest BCUT2D eigenvalue weighted by atomic mass is 10.2. The van der Waals surface area contributed by atoms with E-state index in [9.17, 15) is 0 Å². The third-order valence-electron chi connectivity index (χ3n) is 2.96. The van der Waals surface area contributed by atoms with Gasteiger partial charge in [0.2, 0.25) is 0 Å². The summed E-state index contributed by atoms with van der Waals surface area (Å²) in [5.74, 6) is 0.